The van der Waals surface area contributed by atoms with Crippen LogP contribution < -0.4 is 10.6 Å². The molecule has 0 aromatic carbocycles. The molecule has 2 rings (SSSR count). The number of piperidine rings is 1. The van der Waals surface area contributed by atoms with Gasteiger partial charge in [-0.25, -0.2) is 4.79 Å². The average molecular weight is 321 g/mol. The second kappa shape index (κ2) is 6.22. The van der Waals surface area contributed by atoms with Gasteiger partial charge in [0.25, 0.3) is 0 Å². The highest BCUT2D eigenvalue weighted by Gasteiger charge is 2.38. The zero-order valence-electron chi connectivity index (χ0n) is 14.7. The van der Waals surface area contributed by atoms with Gasteiger partial charge in [0.1, 0.15) is 11.4 Å². The van der Waals surface area contributed by atoms with E-state index in [4.69, 9.17) is 10.5 Å². The quantitative estimate of drug-likeness (QED) is 0.899. The number of nitrogen functional groups attached to an aromatic ring is 1. The van der Waals surface area contributed by atoms with Crippen LogP contribution >= 0.6 is 0 Å². The number of rotatable bonds is 2. The average Bonchev–Trinajstić information content (AvgIpc) is 2.46. The standard InChI is InChI=1S/C16H27N5O2/c1-15(2,3)23-14(22)20(5)16(4)8-10-21(11-9-16)13-7-6-12(17)18-19-13/h6-7H,8-11H2,1-5H3,(H2,17,18). The maximum Gasteiger partial charge on any atom is 0.410 e. The fourth-order valence-corrected chi connectivity index (χ4v) is 2.61. The largest absolute Gasteiger partial charge is 0.444 e. The number of carbonyl (C=O) groups excluding carboxylic acids is 1. The van der Waals surface area contributed by atoms with E-state index in [2.05, 4.69) is 22.0 Å². The molecule has 1 amide bonds. The summed E-state index contributed by atoms with van der Waals surface area (Å²) in [4.78, 5) is 16.2. The van der Waals surface area contributed by atoms with Crippen LogP contribution in [0.4, 0.5) is 16.4 Å². The van der Waals surface area contributed by atoms with Gasteiger partial charge < -0.3 is 20.3 Å². The van der Waals surface area contributed by atoms with Crippen molar-refractivity contribution in [3.05, 3.63) is 12.1 Å². The van der Waals surface area contributed by atoms with E-state index in [0.717, 1.165) is 31.7 Å². The van der Waals surface area contributed by atoms with Crippen LogP contribution in [-0.4, -0.2) is 52.5 Å². The number of anilines is 2. The molecule has 1 aromatic heterocycles. The van der Waals surface area contributed by atoms with Crippen LogP contribution in [-0.2, 0) is 4.74 Å². The molecule has 0 aliphatic carbocycles. The van der Waals surface area contributed by atoms with Gasteiger partial charge in [-0.3, -0.25) is 0 Å². The molecule has 0 spiro atoms. The number of hydrogen-bond acceptors (Lipinski definition) is 6. The van der Waals surface area contributed by atoms with E-state index in [-0.39, 0.29) is 11.6 Å². The zero-order valence-corrected chi connectivity index (χ0v) is 14.7. The van der Waals surface area contributed by atoms with Crippen molar-refractivity contribution in [1.82, 2.24) is 15.1 Å². The van der Waals surface area contributed by atoms with Crippen LogP contribution in [0.15, 0.2) is 12.1 Å². The molecule has 7 heteroatoms. The fraction of sp³-hybridized carbons (Fsp3) is 0.688. The van der Waals surface area contributed by atoms with Crippen molar-refractivity contribution in [2.24, 2.45) is 0 Å². The van der Waals surface area contributed by atoms with Crippen molar-refractivity contribution >= 4 is 17.7 Å². The third-order valence-corrected chi connectivity index (χ3v) is 4.31. The summed E-state index contributed by atoms with van der Waals surface area (Å²) in [6.45, 7) is 9.35. The van der Waals surface area contributed by atoms with Gasteiger partial charge in [0.15, 0.2) is 5.82 Å². The molecule has 1 fully saturated rings. The lowest BCUT2D eigenvalue weighted by Crippen LogP contribution is -2.55. The van der Waals surface area contributed by atoms with Gasteiger partial charge in [-0.15, -0.1) is 10.2 Å². The molecule has 0 saturated carbocycles. The van der Waals surface area contributed by atoms with Crippen molar-refractivity contribution in [2.45, 2.75) is 51.7 Å². The normalized spacial score (nSPS) is 17.7. The number of amides is 1. The van der Waals surface area contributed by atoms with E-state index in [0.29, 0.717) is 5.82 Å². The Balaban J connectivity index is 1.98. The molecule has 1 aliphatic rings. The lowest BCUT2D eigenvalue weighted by Gasteiger charge is -2.45. The van der Waals surface area contributed by atoms with Crippen molar-refractivity contribution in [1.29, 1.82) is 0 Å². The summed E-state index contributed by atoms with van der Waals surface area (Å²) >= 11 is 0. The number of ether oxygens (including phenoxy) is 1. The first kappa shape index (κ1) is 17.3. The molecule has 7 nitrogen and oxygen atoms in total. The van der Waals surface area contributed by atoms with Crippen LogP contribution in [0.2, 0.25) is 0 Å². The molecule has 0 radical (unpaired) electrons. The summed E-state index contributed by atoms with van der Waals surface area (Å²) in [5, 5.41) is 8.02. The second-order valence-electron chi connectivity index (χ2n) is 7.34. The van der Waals surface area contributed by atoms with Crippen LogP contribution in [0.5, 0.6) is 0 Å². The Hall–Kier alpha value is -2.05. The SMILES string of the molecule is CN(C(=O)OC(C)(C)C)C1(C)CCN(c2ccc(N)nn2)CC1. The van der Waals surface area contributed by atoms with E-state index in [9.17, 15) is 4.79 Å². The predicted molar refractivity (Wildman–Crippen MR) is 90.3 cm³/mol. The molecule has 1 aliphatic heterocycles. The highest BCUT2D eigenvalue weighted by molar-refractivity contribution is 5.69. The van der Waals surface area contributed by atoms with E-state index in [1.54, 1.807) is 11.0 Å². The van der Waals surface area contributed by atoms with Gasteiger partial charge in [0.2, 0.25) is 0 Å². The minimum atomic E-state index is -0.484. The van der Waals surface area contributed by atoms with E-state index in [1.165, 1.54) is 0 Å². The molecular weight excluding hydrogens is 294 g/mol. The predicted octanol–water partition coefficient (Wildman–Crippen LogP) is 2.28. The number of aromatic nitrogens is 2. The van der Waals surface area contributed by atoms with Gasteiger partial charge in [0.05, 0.1) is 0 Å². The van der Waals surface area contributed by atoms with Gasteiger partial charge >= 0.3 is 6.09 Å². The van der Waals surface area contributed by atoms with Crippen molar-refractivity contribution < 1.29 is 9.53 Å². The van der Waals surface area contributed by atoms with E-state index < -0.39 is 5.60 Å². The Kier molecular flexibility index (Phi) is 4.68. The number of carbonyl (C=O) groups is 1. The van der Waals surface area contributed by atoms with Crippen molar-refractivity contribution in [3.63, 3.8) is 0 Å². The summed E-state index contributed by atoms with van der Waals surface area (Å²) in [7, 11) is 1.81. The van der Waals surface area contributed by atoms with Gasteiger partial charge in [-0.05, 0) is 52.7 Å². The minimum absolute atomic E-state index is 0.222. The second-order valence-corrected chi connectivity index (χ2v) is 7.34. The molecule has 2 N–H and O–H groups in total. The molecule has 2 heterocycles. The Bertz CT molecular complexity index is 545. The first-order chi connectivity index (χ1) is 10.6. The van der Waals surface area contributed by atoms with Crippen LogP contribution in [0.25, 0.3) is 0 Å². The Morgan fingerprint density at radius 3 is 2.39 bits per heavy atom. The van der Waals surface area contributed by atoms with Crippen molar-refractivity contribution in [2.75, 3.05) is 30.8 Å². The molecule has 0 unspecified atom stereocenters. The van der Waals surface area contributed by atoms with Gasteiger partial charge in [-0.1, -0.05) is 0 Å². The Morgan fingerprint density at radius 2 is 1.91 bits per heavy atom. The fourth-order valence-electron chi connectivity index (χ4n) is 2.61. The maximum absolute atomic E-state index is 12.3. The lowest BCUT2D eigenvalue weighted by molar-refractivity contribution is 0.00345. The lowest BCUT2D eigenvalue weighted by atomic mass is 9.88. The molecule has 128 valence electrons. The summed E-state index contributed by atoms with van der Waals surface area (Å²) in [6.07, 6.45) is 1.41. The molecular formula is C16H27N5O2. The maximum atomic E-state index is 12.3. The van der Waals surface area contributed by atoms with Crippen LogP contribution in [0.3, 0.4) is 0 Å². The highest BCUT2D eigenvalue weighted by Crippen LogP contribution is 2.30. The first-order valence-corrected chi connectivity index (χ1v) is 7.92. The van der Waals surface area contributed by atoms with E-state index >= 15 is 0 Å². The van der Waals surface area contributed by atoms with Gasteiger partial charge in [0, 0.05) is 25.7 Å². The Labute approximate surface area is 137 Å². The molecule has 0 atom stereocenters. The summed E-state index contributed by atoms with van der Waals surface area (Å²) in [6, 6.07) is 3.63. The molecule has 1 aromatic rings. The summed E-state index contributed by atoms with van der Waals surface area (Å²) in [5.41, 5.74) is 4.87. The van der Waals surface area contributed by atoms with Crippen LogP contribution in [0, 0.1) is 0 Å². The number of nitrogens with zero attached hydrogens (tertiary/aromatic N) is 4. The van der Waals surface area contributed by atoms with Crippen molar-refractivity contribution in [3.8, 4) is 0 Å². The highest BCUT2D eigenvalue weighted by atomic mass is 16.6. The minimum Gasteiger partial charge on any atom is -0.444 e. The summed E-state index contributed by atoms with van der Waals surface area (Å²) < 4.78 is 5.48. The molecule has 0 bridgehead atoms. The Morgan fingerprint density at radius 1 is 1.30 bits per heavy atom. The number of hydrogen-bond donors (Lipinski definition) is 1. The zero-order chi connectivity index (χ0) is 17.3. The number of nitrogens with two attached hydrogens (primary N) is 1. The molecule has 23 heavy (non-hydrogen) atoms. The third-order valence-electron chi connectivity index (χ3n) is 4.31. The monoisotopic (exact) mass is 321 g/mol. The molecule has 1 saturated heterocycles. The van der Waals surface area contributed by atoms with E-state index in [1.807, 2.05) is 33.9 Å². The third kappa shape index (κ3) is 4.24. The van der Waals surface area contributed by atoms with Gasteiger partial charge in [-0.2, -0.15) is 0 Å². The topological polar surface area (TPSA) is 84.6 Å². The van der Waals surface area contributed by atoms with Crippen LogP contribution in [0.1, 0.15) is 40.5 Å². The summed E-state index contributed by atoms with van der Waals surface area (Å²) in [5.74, 6) is 1.24. The first-order valence-electron chi connectivity index (χ1n) is 7.92. The smallest absolute Gasteiger partial charge is 0.410 e.